The monoisotopic (exact) mass is 382 g/mol. The highest BCUT2D eigenvalue weighted by atomic mass is 32.1. The fourth-order valence-corrected chi connectivity index (χ4v) is 3.29. The number of thiazole rings is 1. The van der Waals surface area contributed by atoms with Crippen LogP contribution in [0.3, 0.4) is 0 Å². The Labute approximate surface area is 162 Å². The minimum absolute atomic E-state index is 0.255. The maximum atomic E-state index is 12.2. The molecule has 0 aliphatic carbocycles. The van der Waals surface area contributed by atoms with Crippen molar-refractivity contribution < 1.29 is 9.53 Å². The van der Waals surface area contributed by atoms with Crippen LogP contribution in [0.25, 0.3) is 16.2 Å². The Morgan fingerprint density at radius 2 is 2.15 bits per heavy atom. The van der Waals surface area contributed by atoms with E-state index >= 15 is 0 Å². The average Bonchev–Trinajstić information content (AvgIpc) is 3.28. The lowest BCUT2D eigenvalue weighted by molar-refractivity contribution is 0.0543. The summed E-state index contributed by atoms with van der Waals surface area (Å²) < 4.78 is 7.00. The zero-order valence-electron chi connectivity index (χ0n) is 15.7. The topological polar surface area (TPSA) is 69.4 Å². The summed E-state index contributed by atoms with van der Waals surface area (Å²) in [5.41, 5.74) is 4.34. The fraction of sp³-hybridized carbons (Fsp3) is 0.300. The van der Waals surface area contributed by atoms with Crippen LogP contribution < -0.4 is 0 Å². The molecule has 0 fully saturated rings. The quantitative estimate of drug-likeness (QED) is 0.437. The third-order valence-electron chi connectivity index (χ3n) is 3.96. The SMILES string of the molecule is CC(C)=CCC/C(C)=C/COC(=O)c1csc(-c2cnn3cccnc23)n1. The Bertz CT molecular complexity index is 996. The van der Waals surface area contributed by atoms with Crippen molar-refractivity contribution >= 4 is 23.0 Å². The van der Waals surface area contributed by atoms with Crippen molar-refractivity contribution in [3.8, 4) is 10.6 Å². The highest BCUT2D eigenvalue weighted by Gasteiger charge is 2.16. The number of hydrogen-bond acceptors (Lipinski definition) is 6. The van der Waals surface area contributed by atoms with E-state index in [1.54, 1.807) is 22.3 Å². The van der Waals surface area contributed by atoms with Crippen molar-refractivity contribution in [3.05, 3.63) is 59.0 Å². The van der Waals surface area contributed by atoms with Crippen molar-refractivity contribution in [1.82, 2.24) is 19.6 Å². The number of allylic oxidation sites excluding steroid dienone is 3. The molecule has 0 saturated carbocycles. The zero-order valence-corrected chi connectivity index (χ0v) is 16.5. The summed E-state index contributed by atoms with van der Waals surface area (Å²) in [6.07, 6.45) is 11.3. The van der Waals surface area contributed by atoms with E-state index in [4.69, 9.17) is 4.74 Å². The standard InChI is InChI=1S/C20H22N4O2S/c1-14(2)6-4-7-15(3)8-11-26-20(25)17-13-27-19(23-17)16-12-22-24-10-5-9-21-18(16)24/h5-6,8-10,12-13H,4,7,11H2,1-3H3/b15-8+. The molecule has 0 amide bonds. The largest absolute Gasteiger partial charge is 0.457 e. The molecule has 3 aromatic rings. The molecule has 27 heavy (non-hydrogen) atoms. The highest BCUT2D eigenvalue weighted by Crippen LogP contribution is 2.26. The first-order valence-electron chi connectivity index (χ1n) is 8.75. The average molecular weight is 382 g/mol. The van der Waals surface area contributed by atoms with Crippen molar-refractivity contribution in [2.75, 3.05) is 6.61 Å². The van der Waals surface area contributed by atoms with Crippen LogP contribution in [0.15, 0.2) is 53.3 Å². The number of rotatable bonds is 7. The summed E-state index contributed by atoms with van der Waals surface area (Å²) in [5, 5.41) is 6.65. The Morgan fingerprint density at radius 3 is 2.96 bits per heavy atom. The number of carbonyl (C=O) groups excluding carboxylic acids is 1. The van der Waals surface area contributed by atoms with Crippen LogP contribution in [0.4, 0.5) is 0 Å². The molecular formula is C20H22N4O2S. The van der Waals surface area contributed by atoms with Crippen LogP contribution in [-0.4, -0.2) is 32.2 Å². The Morgan fingerprint density at radius 1 is 1.30 bits per heavy atom. The smallest absolute Gasteiger partial charge is 0.358 e. The Kier molecular flexibility index (Phi) is 6.13. The molecule has 0 radical (unpaired) electrons. The van der Waals surface area contributed by atoms with E-state index in [-0.39, 0.29) is 6.61 Å². The first-order chi connectivity index (χ1) is 13.0. The number of nitrogens with zero attached hydrogens (tertiary/aromatic N) is 4. The summed E-state index contributed by atoms with van der Waals surface area (Å²) in [4.78, 5) is 20.9. The first-order valence-corrected chi connectivity index (χ1v) is 9.63. The molecule has 0 spiro atoms. The molecule has 0 N–H and O–H groups in total. The van der Waals surface area contributed by atoms with Gasteiger partial charge in [0.2, 0.25) is 0 Å². The van der Waals surface area contributed by atoms with Crippen LogP contribution in [0.1, 0.15) is 44.1 Å². The van der Waals surface area contributed by atoms with Gasteiger partial charge in [-0.2, -0.15) is 5.10 Å². The van der Waals surface area contributed by atoms with Crippen LogP contribution >= 0.6 is 11.3 Å². The van der Waals surface area contributed by atoms with Gasteiger partial charge < -0.3 is 4.74 Å². The zero-order chi connectivity index (χ0) is 19.2. The van der Waals surface area contributed by atoms with Gasteiger partial charge in [0, 0.05) is 17.8 Å². The number of carbonyl (C=O) groups is 1. The molecule has 0 aliphatic rings. The van der Waals surface area contributed by atoms with Crippen LogP contribution in [0.2, 0.25) is 0 Å². The minimum Gasteiger partial charge on any atom is -0.457 e. The second-order valence-corrected chi connectivity index (χ2v) is 7.31. The summed E-state index contributed by atoms with van der Waals surface area (Å²) in [5.74, 6) is -0.421. The number of hydrogen-bond donors (Lipinski definition) is 0. The van der Waals surface area contributed by atoms with Crippen LogP contribution in [0, 0.1) is 0 Å². The number of aromatic nitrogens is 4. The molecule has 3 aromatic heterocycles. The molecule has 0 aliphatic heterocycles. The third-order valence-corrected chi connectivity index (χ3v) is 4.84. The van der Waals surface area contributed by atoms with Crippen LogP contribution in [0.5, 0.6) is 0 Å². The van der Waals surface area contributed by atoms with Gasteiger partial charge in [-0.05, 0) is 45.8 Å². The highest BCUT2D eigenvalue weighted by molar-refractivity contribution is 7.13. The van der Waals surface area contributed by atoms with Gasteiger partial charge in [0.05, 0.1) is 11.8 Å². The van der Waals surface area contributed by atoms with Gasteiger partial charge in [-0.15, -0.1) is 11.3 Å². The summed E-state index contributed by atoms with van der Waals surface area (Å²) in [6.45, 7) is 6.48. The van der Waals surface area contributed by atoms with E-state index in [9.17, 15) is 4.79 Å². The van der Waals surface area contributed by atoms with E-state index in [1.165, 1.54) is 22.5 Å². The molecule has 140 valence electrons. The molecule has 0 unspecified atom stereocenters. The van der Waals surface area contributed by atoms with Crippen molar-refractivity contribution in [2.45, 2.75) is 33.6 Å². The van der Waals surface area contributed by atoms with Gasteiger partial charge in [0.25, 0.3) is 0 Å². The predicted molar refractivity (Wildman–Crippen MR) is 107 cm³/mol. The fourth-order valence-electron chi connectivity index (χ4n) is 2.49. The normalized spacial score (nSPS) is 11.6. The lowest BCUT2D eigenvalue weighted by Crippen LogP contribution is -2.05. The van der Waals surface area contributed by atoms with Crippen LogP contribution in [-0.2, 0) is 4.74 Å². The first kappa shape index (κ1) is 19.0. The van der Waals surface area contributed by atoms with E-state index in [0.29, 0.717) is 16.3 Å². The molecule has 3 heterocycles. The molecule has 0 aromatic carbocycles. The second-order valence-electron chi connectivity index (χ2n) is 6.45. The lowest BCUT2D eigenvalue weighted by Gasteiger charge is -2.01. The van der Waals surface area contributed by atoms with Gasteiger partial charge in [0.1, 0.15) is 11.6 Å². The summed E-state index contributed by atoms with van der Waals surface area (Å²) in [6, 6.07) is 1.81. The van der Waals surface area contributed by atoms with Gasteiger partial charge in [-0.1, -0.05) is 17.2 Å². The summed E-state index contributed by atoms with van der Waals surface area (Å²) >= 11 is 1.38. The number of fused-ring (bicyclic) bond motifs is 1. The molecular weight excluding hydrogens is 360 g/mol. The molecule has 6 nitrogen and oxygen atoms in total. The Hall–Kier alpha value is -2.80. The molecule has 0 atom stereocenters. The van der Waals surface area contributed by atoms with Crippen molar-refractivity contribution in [3.63, 3.8) is 0 Å². The molecule has 7 heteroatoms. The van der Waals surface area contributed by atoms with Gasteiger partial charge in [-0.3, -0.25) is 0 Å². The van der Waals surface area contributed by atoms with E-state index in [0.717, 1.165) is 18.4 Å². The third kappa shape index (κ3) is 4.89. The maximum absolute atomic E-state index is 12.2. The summed E-state index contributed by atoms with van der Waals surface area (Å²) in [7, 11) is 0. The van der Waals surface area contributed by atoms with Gasteiger partial charge in [-0.25, -0.2) is 19.3 Å². The Balaban J connectivity index is 1.60. The lowest BCUT2D eigenvalue weighted by atomic mass is 10.1. The van der Waals surface area contributed by atoms with Gasteiger partial charge >= 0.3 is 5.97 Å². The second kappa shape index (κ2) is 8.73. The molecule has 0 saturated heterocycles. The predicted octanol–water partition coefficient (Wildman–Crippen LogP) is 4.70. The van der Waals surface area contributed by atoms with Crippen molar-refractivity contribution in [1.29, 1.82) is 0 Å². The number of ether oxygens (including phenoxy) is 1. The van der Waals surface area contributed by atoms with E-state index < -0.39 is 5.97 Å². The van der Waals surface area contributed by atoms with Crippen molar-refractivity contribution in [2.24, 2.45) is 0 Å². The number of esters is 1. The van der Waals surface area contributed by atoms with Gasteiger partial charge in [0.15, 0.2) is 11.3 Å². The minimum atomic E-state index is -0.421. The van der Waals surface area contributed by atoms with E-state index in [2.05, 4.69) is 35.0 Å². The maximum Gasteiger partial charge on any atom is 0.358 e. The van der Waals surface area contributed by atoms with E-state index in [1.807, 2.05) is 25.3 Å². The molecule has 0 bridgehead atoms. The molecule has 3 rings (SSSR count).